The molecule has 4 rings (SSSR count). The molecule has 154 valence electrons. The Kier molecular flexibility index (Phi) is 5.68. The highest BCUT2D eigenvalue weighted by Gasteiger charge is 2.25. The Balaban J connectivity index is 1.49. The number of phenols is 1. The van der Waals surface area contributed by atoms with Gasteiger partial charge in [0.2, 0.25) is 5.88 Å². The summed E-state index contributed by atoms with van der Waals surface area (Å²) < 4.78 is 5.94. The highest BCUT2D eigenvalue weighted by Crippen LogP contribution is 2.41. The minimum absolute atomic E-state index is 0.0765. The molecule has 1 atom stereocenters. The van der Waals surface area contributed by atoms with E-state index in [0.717, 1.165) is 44.2 Å². The van der Waals surface area contributed by atoms with Crippen molar-refractivity contribution in [3.63, 3.8) is 0 Å². The first-order valence-corrected chi connectivity index (χ1v) is 10.8. The summed E-state index contributed by atoms with van der Waals surface area (Å²) in [6, 6.07) is 15.3. The smallest absolute Gasteiger partial charge is 0.303 e. The maximum absolute atomic E-state index is 11.0. The third kappa shape index (κ3) is 4.28. The van der Waals surface area contributed by atoms with Gasteiger partial charge in [0.1, 0.15) is 12.4 Å². The number of pyridine rings is 1. The first-order valence-electron chi connectivity index (χ1n) is 9.78. The van der Waals surface area contributed by atoms with Crippen molar-refractivity contribution < 1.29 is 19.7 Å². The van der Waals surface area contributed by atoms with E-state index in [1.54, 1.807) is 23.9 Å². The number of thioether (sulfide) groups is 1. The Hall–Kier alpha value is -2.99. The average molecular weight is 422 g/mol. The van der Waals surface area contributed by atoms with Gasteiger partial charge in [0.25, 0.3) is 0 Å². The number of hydrogen-bond acceptors (Lipinski definition) is 5. The van der Waals surface area contributed by atoms with Crippen LogP contribution in [0.3, 0.4) is 0 Å². The van der Waals surface area contributed by atoms with Crippen LogP contribution in [0, 0.1) is 13.8 Å². The van der Waals surface area contributed by atoms with Gasteiger partial charge in [-0.15, -0.1) is 11.8 Å². The van der Waals surface area contributed by atoms with Crippen LogP contribution in [0.2, 0.25) is 0 Å². The zero-order valence-corrected chi connectivity index (χ0v) is 17.7. The lowest BCUT2D eigenvalue weighted by Crippen LogP contribution is -2.05. The molecular formula is C24H23NO4S. The lowest BCUT2D eigenvalue weighted by molar-refractivity contribution is -0.137. The van der Waals surface area contributed by atoms with Gasteiger partial charge in [0.15, 0.2) is 0 Å². The quantitative estimate of drug-likeness (QED) is 0.561. The van der Waals surface area contributed by atoms with Crippen LogP contribution in [0.1, 0.15) is 34.6 Å². The van der Waals surface area contributed by atoms with Gasteiger partial charge in [-0.05, 0) is 60.4 Å². The molecule has 0 saturated heterocycles. The molecule has 0 amide bonds. The van der Waals surface area contributed by atoms with E-state index in [4.69, 9.17) is 9.84 Å². The van der Waals surface area contributed by atoms with Gasteiger partial charge in [-0.3, -0.25) is 4.79 Å². The number of carbonyl (C=O) groups is 1. The van der Waals surface area contributed by atoms with Crippen molar-refractivity contribution in [2.75, 3.05) is 5.75 Å². The summed E-state index contributed by atoms with van der Waals surface area (Å²) in [4.78, 5) is 16.8. The number of aryl methyl sites for hydroxylation is 2. The van der Waals surface area contributed by atoms with Gasteiger partial charge >= 0.3 is 5.97 Å². The number of aromatic hydroxyl groups is 1. The molecule has 1 aliphatic heterocycles. The van der Waals surface area contributed by atoms with Gasteiger partial charge in [-0.25, -0.2) is 4.98 Å². The lowest BCUT2D eigenvalue weighted by Gasteiger charge is -2.12. The summed E-state index contributed by atoms with van der Waals surface area (Å²) in [6.07, 6.45) is 0.169. The van der Waals surface area contributed by atoms with Crippen molar-refractivity contribution in [3.8, 4) is 22.9 Å². The molecule has 2 heterocycles. The summed E-state index contributed by atoms with van der Waals surface area (Å²) in [5.41, 5.74) is 5.87. The van der Waals surface area contributed by atoms with Gasteiger partial charge in [0, 0.05) is 28.2 Å². The maximum atomic E-state index is 11.0. The molecule has 1 unspecified atom stereocenters. The molecule has 6 heteroatoms. The minimum atomic E-state index is -0.758. The summed E-state index contributed by atoms with van der Waals surface area (Å²) >= 11 is 1.70. The highest BCUT2D eigenvalue weighted by atomic mass is 32.2. The van der Waals surface area contributed by atoms with E-state index in [1.807, 2.05) is 44.2 Å². The van der Waals surface area contributed by atoms with Gasteiger partial charge in [0.05, 0.1) is 12.1 Å². The molecule has 5 nitrogen and oxygen atoms in total. The van der Waals surface area contributed by atoms with E-state index in [0.29, 0.717) is 12.5 Å². The second kappa shape index (κ2) is 8.40. The molecular weight excluding hydrogens is 398 g/mol. The number of hydrogen-bond donors (Lipinski definition) is 2. The number of carboxylic acid groups (broad SMARTS) is 1. The predicted octanol–water partition coefficient (Wildman–Crippen LogP) is 5.31. The summed E-state index contributed by atoms with van der Waals surface area (Å²) in [7, 11) is 0. The van der Waals surface area contributed by atoms with Crippen molar-refractivity contribution in [2.24, 2.45) is 0 Å². The Labute approximate surface area is 179 Å². The van der Waals surface area contributed by atoms with Crippen molar-refractivity contribution in [1.29, 1.82) is 0 Å². The van der Waals surface area contributed by atoms with Crippen molar-refractivity contribution in [3.05, 3.63) is 70.8 Å². The molecule has 0 fully saturated rings. The largest absolute Gasteiger partial charge is 0.508 e. The second-order valence-electron chi connectivity index (χ2n) is 7.58. The van der Waals surface area contributed by atoms with Crippen molar-refractivity contribution in [2.45, 2.75) is 37.7 Å². The number of nitrogens with zero attached hydrogens (tertiary/aromatic N) is 1. The zero-order chi connectivity index (χ0) is 21.3. The van der Waals surface area contributed by atoms with Crippen LogP contribution in [-0.4, -0.2) is 26.9 Å². The molecule has 30 heavy (non-hydrogen) atoms. The van der Waals surface area contributed by atoms with Crippen LogP contribution in [0.25, 0.3) is 11.3 Å². The molecule has 3 aromatic rings. The molecule has 2 aromatic carbocycles. The Bertz CT molecular complexity index is 1090. The standard InChI is InChI=1S/C24H23NO4S/c1-14-8-18(26)9-15(2)24(14)20-4-3-5-22(25-20)29-12-16-6-7-19-17(11-23(27)28)13-30-21(19)10-16/h3-10,17,26H,11-13H2,1-2H3,(H,27,28). The number of aliphatic carboxylic acids is 1. The molecule has 0 spiro atoms. The maximum Gasteiger partial charge on any atom is 0.303 e. The fourth-order valence-electron chi connectivity index (χ4n) is 3.93. The molecule has 0 radical (unpaired) electrons. The normalized spacial score (nSPS) is 15.1. The average Bonchev–Trinajstić information content (AvgIpc) is 3.07. The van der Waals surface area contributed by atoms with E-state index in [2.05, 4.69) is 11.1 Å². The zero-order valence-electron chi connectivity index (χ0n) is 16.9. The van der Waals surface area contributed by atoms with Crippen molar-refractivity contribution in [1.82, 2.24) is 4.98 Å². The van der Waals surface area contributed by atoms with Crippen LogP contribution in [-0.2, 0) is 11.4 Å². The lowest BCUT2D eigenvalue weighted by atomic mass is 9.97. The summed E-state index contributed by atoms with van der Waals surface area (Å²) in [5, 5.41) is 18.8. The van der Waals surface area contributed by atoms with Gasteiger partial charge in [-0.2, -0.15) is 0 Å². The molecule has 1 aliphatic rings. The van der Waals surface area contributed by atoms with E-state index in [9.17, 15) is 9.90 Å². The number of rotatable bonds is 6. The third-order valence-electron chi connectivity index (χ3n) is 5.26. The Morgan fingerprint density at radius 2 is 1.93 bits per heavy atom. The number of fused-ring (bicyclic) bond motifs is 1. The van der Waals surface area contributed by atoms with E-state index in [-0.39, 0.29) is 18.1 Å². The van der Waals surface area contributed by atoms with Crippen molar-refractivity contribution >= 4 is 17.7 Å². The first kappa shape index (κ1) is 20.3. The number of phenolic OH excluding ortho intramolecular Hbond substituents is 1. The van der Waals surface area contributed by atoms with Crippen LogP contribution in [0.4, 0.5) is 0 Å². The van der Waals surface area contributed by atoms with Crippen LogP contribution >= 0.6 is 11.8 Å². The predicted molar refractivity (Wildman–Crippen MR) is 117 cm³/mol. The van der Waals surface area contributed by atoms with E-state index < -0.39 is 5.97 Å². The van der Waals surface area contributed by atoms with Crippen LogP contribution in [0.15, 0.2) is 53.4 Å². The monoisotopic (exact) mass is 421 g/mol. The number of aromatic nitrogens is 1. The second-order valence-corrected chi connectivity index (χ2v) is 8.64. The topological polar surface area (TPSA) is 79.7 Å². The molecule has 1 aromatic heterocycles. The minimum Gasteiger partial charge on any atom is -0.508 e. The van der Waals surface area contributed by atoms with E-state index >= 15 is 0 Å². The SMILES string of the molecule is Cc1cc(O)cc(C)c1-c1cccc(OCc2ccc3c(c2)SCC3CC(=O)O)n1. The number of carboxylic acids is 1. The molecule has 2 N–H and O–H groups in total. The summed E-state index contributed by atoms with van der Waals surface area (Å²) in [5.74, 6) is 0.914. The van der Waals surface area contributed by atoms with E-state index in [1.165, 1.54) is 0 Å². The third-order valence-corrected chi connectivity index (χ3v) is 6.50. The molecule has 0 saturated carbocycles. The van der Waals surface area contributed by atoms with Gasteiger partial charge < -0.3 is 14.9 Å². The summed E-state index contributed by atoms with van der Waals surface area (Å²) in [6.45, 7) is 4.30. The Morgan fingerprint density at radius 3 is 2.67 bits per heavy atom. The molecule has 0 aliphatic carbocycles. The van der Waals surface area contributed by atoms with Crippen LogP contribution in [0.5, 0.6) is 11.6 Å². The highest BCUT2D eigenvalue weighted by molar-refractivity contribution is 7.99. The fourth-order valence-corrected chi connectivity index (χ4v) is 5.24. The first-order chi connectivity index (χ1) is 14.4. The Morgan fingerprint density at radius 1 is 1.17 bits per heavy atom. The molecule has 0 bridgehead atoms. The fraction of sp³-hybridized carbons (Fsp3) is 0.250. The van der Waals surface area contributed by atoms with Crippen LogP contribution < -0.4 is 4.74 Å². The number of benzene rings is 2. The van der Waals surface area contributed by atoms with Gasteiger partial charge in [-0.1, -0.05) is 18.2 Å². The number of ether oxygens (including phenoxy) is 1.